The van der Waals surface area contributed by atoms with Gasteiger partial charge in [-0.25, -0.2) is 4.79 Å². The number of carbonyl (C=O) groups excluding carboxylic acids is 2. The second-order valence-electron chi connectivity index (χ2n) is 6.54. The third kappa shape index (κ3) is 3.14. The lowest BCUT2D eigenvalue weighted by Crippen LogP contribution is -2.39. The highest BCUT2D eigenvalue weighted by Crippen LogP contribution is 2.26. The lowest BCUT2D eigenvalue weighted by Gasteiger charge is -2.34. The molecule has 1 atom stereocenters. The van der Waals surface area contributed by atoms with Gasteiger partial charge >= 0.3 is 5.97 Å². The number of Topliss-reactive ketones (excluding diaryl/α,β-unsaturated/α-hetero) is 1. The molecule has 134 valence electrons. The normalized spacial score (nSPS) is 17.4. The third-order valence-corrected chi connectivity index (χ3v) is 5.01. The minimum Gasteiger partial charge on any atom is -0.462 e. The summed E-state index contributed by atoms with van der Waals surface area (Å²) in [5, 5.41) is 0. The summed E-state index contributed by atoms with van der Waals surface area (Å²) in [6.07, 6.45) is 2.08. The zero-order valence-electron chi connectivity index (χ0n) is 15.3. The maximum absolute atomic E-state index is 12.8. The van der Waals surface area contributed by atoms with Crippen molar-refractivity contribution in [1.29, 1.82) is 0 Å². The fourth-order valence-electron chi connectivity index (χ4n) is 3.64. The Morgan fingerprint density at radius 1 is 1.32 bits per heavy atom. The number of ether oxygens (including phenoxy) is 1. The number of H-pyrrole nitrogens is 1. The molecule has 6 nitrogen and oxygen atoms in total. The summed E-state index contributed by atoms with van der Waals surface area (Å²) in [5.74, 6) is -0.375. The molecule has 0 aromatic carbocycles. The van der Waals surface area contributed by atoms with Gasteiger partial charge in [-0.1, -0.05) is 0 Å². The largest absolute Gasteiger partial charge is 0.462 e. The summed E-state index contributed by atoms with van der Waals surface area (Å²) >= 11 is 0. The van der Waals surface area contributed by atoms with E-state index >= 15 is 0 Å². The van der Waals surface area contributed by atoms with E-state index < -0.39 is 0 Å². The average molecular weight is 343 g/mol. The van der Waals surface area contributed by atoms with Gasteiger partial charge in [0, 0.05) is 36.7 Å². The van der Waals surface area contributed by atoms with E-state index in [4.69, 9.17) is 4.74 Å². The van der Waals surface area contributed by atoms with Gasteiger partial charge in [-0.05, 0) is 45.4 Å². The van der Waals surface area contributed by atoms with Crippen LogP contribution in [0, 0.1) is 13.8 Å². The summed E-state index contributed by atoms with van der Waals surface area (Å²) in [6, 6.07) is 4.33. The molecule has 0 fully saturated rings. The van der Waals surface area contributed by atoms with Gasteiger partial charge in [-0.3, -0.25) is 9.69 Å². The Labute approximate surface area is 147 Å². The van der Waals surface area contributed by atoms with E-state index in [0.717, 1.165) is 13.1 Å². The van der Waals surface area contributed by atoms with Gasteiger partial charge in [-0.2, -0.15) is 0 Å². The van der Waals surface area contributed by atoms with Crippen LogP contribution in [0.4, 0.5) is 0 Å². The van der Waals surface area contributed by atoms with E-state index in [-0.39, 0.29) is 17.8 Å². The highest BCUT2D eigenvalue weighted by molar-refractivity contribution is 6.02. The molecule has 1 unspecified atom stereocenters. The zero-order chi connectivity index (χ0) is 18.1. The molecule has 2 aromatic rings. The average Bonchev–Trinajstić information content (AvgIpc) is 3.15. The van der Waals surface area contributed by atoms with Crippen molar-refractivity contribution in [2.24, 2.45) is 0 Å². The van der Waals surface area contributed by atoms with Crippen molar-refractivity contribution >= 4 is 11.8 Å². The fourth-order valence-corrected chi connectivity index (χ4v) is 3.64. The molecule has 0 saturated carbocycles. The van der Waals surface area contributed by atoms with E-state index in [0.29, 0.717) is 35.7 Å². The van der Waals surface area contributed by atoms with Crippen molar-refractivity contribution in [1.82, 2.24) is 14.5 Å². The number of hydrogen-bond donors (Lipinski definition) is 1. The minimum absolute atomic E-state index is 0.00278. The van der Waals surface area contributed by atoms with Gasteiger partial charge in [0.25, 0.3) is 0 Å². The Bertz CT molecular complexity index is 803. The number of ketones is 1. The smallest absolute Gasteiger partial charge is 0.340 e. The van der Waals surface area contributed by atoms with E-state index in [2.05, 4.69) is 33.6 Å². The van der Waals surface area contributed by atoms with Crippen molar-refractivity contribution in [2.45, 2.75) is 40.3 Å². The maximum Gasteiger partial charge on any atom is 0.340 e. The quantitative estimate of drug-likeness (QED) is 0.670. The Kier molecular flexibility index (Phi) is 4.81. The lowest BCUT2D eigenvalue weighted by atomic mass is 10.1. The molecule has 2 aromatic heterocycles. The maximum atomic E-state index is 12.8. The molecule has 1 aliphatic rings. The van der Waals surface area contributed by atoms with E-state index in [9.17, 15) is 9.59 Å². The van der Waals surface area contributed by atoms with Crippen molar-refractivity contribution in [2.75, 3.05) is 19.7 Å². The minimum atomic E-state index is -0.378. The van der Waals surface area contributed by atoms with Crippen molar-refractivity contribution < 1.29 is 14.3 Å². The first-order chi connectivity index (χ1) is 11.9. The number of aryl methyl sites for hydroxylation is 1. The van der Waals surface area contributed by atoms with Crippen molar-refractivity contribution in [3.8, 4) is 0 Å². The summed E-state index contributed by atoms with van der Waals surface area (Å²) in [4.78, 5) is 30.2. The first-order valence-electron chi connectivity index (χ1n) is 8.72. The number of fused-ring (bicyclic) bond motifs is 1. The molecule has 0 amide bonds. The first kappa shape index (κ1) is 17.5. The van der Waals surface area contributed by atoms with Gasteiger partial charge in [0.05, 0.1) is 24.4 Å². The van der Waals surface area contributed by atoms with Gasteiger partial charge in [0.1, 0.15) is 0 Å². The molecule has 6 heteroatoms. The van der Waals surface area contributed by atoms with Crippen LogP contribution in [0.3, 0.4) is 0 Å². The Morgan fingerprint density at radius 3 is 2.80 bits per heavy atom. The molecule has 0 aliphatic carbocycles. The van der Waals surface area contributed by atoms with Gasteiger partial charge in [-0.15, -0.1) is 0 Å². The Balaban J connectivity index is 1.78. The highest BCUT2D eigenvalue weighted by Gasteiger charge is 2.28. The number of nitrogens with zero attached hydrogens (tertiary/aromatic N) is 2. The number of nitrogens with one attached hydrogen (secondary N) is 1. The summed E-state index contributed by atoms with van der Waals surface area (Å²) in [6.45, 7) is 9.85. The van der Waals surface area contributed by atoms with E-state index in [1.165, 1.54) is 5.69 Å². The molecule has 1 aliphatic heterocycles. The summed E-state index contributed by atoms with van der Waals surface area (Å²) in [7, 11) is 0. The van der Waals surface area contributed by atoms with Crippen LogP contribution < -0.4 is 0 Å². The number of carbonyl (C=O) groups is 2. The fraction of sp³-hybridized carbons (Fsp3) is 0.474. The molecule has 0 bridgehead atoms. The summed E-state index contributed by atoms with van der Waals surface area (Å²) < 4.78 is 7.33. The van der Waals surface area contributed by atoms with Crippen LogP contribution in [0.5, 0.6) is 0 Å². The SMILES string of the molecule is CCOC(=O)c1c(C)[nH]c(C(=O)CN2CCn3cccc3C2C)c1C. The van der Waals surface area contributed by atoms with Gasteiger partial charge in [0.15, 0.2) is 5.78 Å². The van der Waals surface area contributed by atoms with Crippen LogP contribution in [0.15, 0.2) is 18.3 Å². The van der Waals surface area contributed by atoms with Crippen LogP contribution in [-0.4, -0.2) is 45.9 Å². The molecule has 1 N–H and O–H groups in total. The molecule has 3 heterocycles. The van der Waals surface area contributed by atoms with Crippen molar-refractivity contribution in [3.05, 3.63) is 46.5 Å². The second kappa shape index (κ2) is 6.88. The van der Waals surface area contributed by atoms with Crippen LogP contribution in [-0.2, 0) is 11.3 Å². The lowest BCUT2D eigenvalue weighted by molar-refractivity contribution is 0.0525. The molecule has 25 heavy (non-hydrogen) atoms. The number of aromatic amines is 1. The predicted octanol–water partition coefficient (Wildman–Crippen LogP) is 2.87. The van der Waals surface area contributed by atoms with Crippen LogP contribution in [0.2, 0.25) is 0 Å². The molecular formula is C19H25N3O3. The van der Waals surface area contributed by atoms with Crippen LogP contribution in [0.25, 0.3) is 0 Å². The van der Waals surface area contributed by atoms with Gasteiger partial charge < -0.3 is 14.3 Å². The third-order valence-electron chi connectivity index (χ3n) is 5.01. The Hall–Kier alpha value is -2.34. The van der Waals surface area contributed by atoms with Crippen LogP contribution in [0.1, 0.15) is 57.7 Å². The van der Waals surface area contributed by atoms with E-state index in [1.54, 1.807) is 20.8 Å². The molecule has 0 spiro atoms. The summed E-state index contributed by atoms with van der Waals surface area (Å²) in [5.41, 5.74) is 3.57. The predicted molar refractivity (Wildman–Crippen MR) is 95.0 cm³/mol. The topological polar surface area (TPSA) is 67.3 Å². The molecule has 3 rings (SSSR count). The monoisotopic (exact) mass is 343 g/mol. The molecular weight excluding hydrogens is 318 g/mol. The molecule has 0 radical (unpaired) electrons. The van der Waals surface area contributed by atoms with E-state index in [1.807, 2.05) is 6.07 Å². The number of esters is 1. The molecule has 0 saturated heterocycles. The Morgan fingerprint density at radius 2 is 2.08 bits per heavy atom. The highest BCUT2D eigenvalue weighted by atomic mass is 16.5. The first-order valence-corrected chi connectivity index (χ1v) is 8.72. The zero-order valence-corrected chi connectivity index (χ0v) is 15.3. The number of hydrogen-bond acceptors (Lipinski definition) is 4. The number of aromatic nitrogens is 2. The van der Waals surface area contributed by atoms with Crippen LogP contribution >= 0.6 is 0 Å². The standard InChI is InChI=1S/C19H25N3O3/c1-5-25-19(24)17-12(2)18(20-13(17)3)16(23)11-22-10-9-21-8-6-7-15(21)14(22)4/h6-8,14,20H,5,9-11H2,1-4H3. The van der Waals surface area contributed by atoms with Crippen molar-refractivity contribution in [3.63, 3.8) is 0 Å². The van der Waals surface area contributed by atoms with Gasteiger partial charge in [0.2, 0.25) is 0 Å². The number of rotatable bonds is 5. The second-order valence-corrected chi connectivity index (χ2v) is 6.54.